The second-order valence-corrected chi connectivity index (χ2v) is 6.98. The maximum Gasteiger partial charge on any atom is 0.0643 e. The van der Waals surface area contributed by atoms with Crippen molar-refractivity contribution in [2.75, 3.05) is 6.54 Å². The second-order valence-electron chi connectivity index (χ2n) is 6.98. The highest BCUT2D eigenvalue weighted by atomic mass is 16.4. The van der Waals surface area contributed by atoms with Gasteiger partial charge in [-0.05, 0) is 55.0 Å². The normalized spacial score (nSPS) is 18.1. The molecule has 0 amide bonds. The van der Waals surface area contributed by atoms with E-state index in [-0.39, 0.29) is 5.41 Å². The largest absolute Gasteiger partial charge is 0.545 e. The monoisotopic (exact) mass is 379 g/mol. The van der Waals surface area contributed by atoms with Gasteiger partial charge in [0.05, 0.1) is 11.9 Å². The van der Waals surface area contributed by atoms with E-state index in [0.29, 0.717) is 18.1 Å². The number of carbonyl (C=O) groups is 2. The van der Waals surface area contributed by atoms with Gasteiger partial charge in [-0.3, -0.25) is 0 Å². The maximum absolute atomic E-state index is 9.41. The Hall–Kier alpha value is -2.92. The molecule has 28 heavy (non-hydrogen) atoms. The SMILES string of the molecule is NCC1CCCC(c2ccccc2)(c2ccccc2)C1.O=C([O-])/C=C\C(=O)[O-]. The predicted octanol–water partition coefficient (Wildman–Crippen LogP) is 1.16. The van der Waals surface area contributed by atoms with E-state index in [1.807, 2.05) is 0 Å². The fraction of sp³-hybridized carbons (Fsp3) is 0.304. The van der Waals surface area contributed by atoms with Crippen molar-refractivity contribution in [3.8, 4) is 0 Å². The van der Waals surface area contributed by atoms with E-state index in [1.165, 1.54) is 36.8 Å². The van der Waals surface area contributed by atoms with Gasteiger partial charge in [0.1, 0.15) is 0 Å². The lowest BCUT2D eigenvalue weighted by atomic mass is 9.62. The highest BCUT2D eigenvalue weighted by Gasteiger charge is 2.38. The van der Waals surface area contributed by atoms with E-state index in [1.54, 1.807) is 0 Å². The molecule has 1 aliphatic rings. The van der Waals surface area contributed by atoms with E-state index in [2.05, 4.69) is 60.7 Å². The first-order chi connectivity index (χ1) is 13.5. The first-order valence-electron chi connectivity index (χ1n) is 9.39. The molecule has 5 heteroatoms. The van der Waals surface area contributed by atoms with Crippen LogP contribution in [-0.2, 0) is 15.0 Å². The van der Waals surface area contributed by atoms with Crippen molar-refractivity contribution in [2.24, 2.45) is 11.7 Å². The number of nitrogens with two attached hydrogens (primary N) is 1. The summed E-state index contributed by atoms with van der Waals surface area (Å²) in [6.07, 6.45) is 5.73. The van der Waals surface area contributed by atoms with Gasteiger partial charge in [0.15, 0.2) is 0 Å². The summed E-state index contributed by atoms with van der Waals surface area (Å²) in [6, 6.07) is 22.0. The van der Waals surface area contributed by atoms with Crippen LogP contribution in [0, 0.1) is 5.92 Å². The molecule has 1 atom stereocenters. The second kappa shape index (κ2) is 10.4. The zero-order chi connectivity index (χ0) is 20.4. The minimum atomic E-state index is -1.55. The first-order valence-corrected chi connectivity index (χ1v) is 9.39. The lowest BCUT2D eigenvalue weighted by Crippen LogP contribution is -2.36. The number of benzene rings is 2. The Kier molecular flexibility index (Phi) is 7.96. The Morgan fingerprint density at radius 2 is 1.39 bits per heavy atom. The Balaban J connectivity index is 0.000000300. The van der Waals surface area contributed by atoms with Crippen LogP contribution in [0.3, 0.4) is 0 Å². The zero-order valence-corrected chi connectivity index (χ0v) is 15.8. The molecule has 0 heterocycles. The summed E-state index contributed by atoms with van der Waals surface area (Å²) in [5.74, 6) is -2.45. The first kappa shape index (κ1) is 21.4. The molecule has 1 saturated carbocycles. The zero-order valence-electron chi connectivity index (χ0n) is 15.8. The Morgan fingerprint density at radius 3 is 1.79 bits per heavy atom. The predicted molar refractivity (Wildman–Crippen MR) is 104 cm³/mol. The molecular formula is C23H25NO4-2. The van der Waals surface area contributed by atoms with Gasteiger partial charge in [0.25, 0.3) is 0 Å². The molecule has 1 aliphatic carbocycles. The van der Waals surface area contributed by atoms with E-state index in [4.69, 9.17) is 5.73 Å². The Labute approximate surface area is 165 Å². The van der Waals surface area contributed by atoms with Crippen LogP contribution < -0.4 is 15.9 Å². The lowest BCUT2D eigenvalue weighted by Gasteiger charge is -2.42. The molecule has 0 spiro atoms. The number of rotatable bonds is 5. The average molecular weight is 379 g/mol. The van der Waals surface area contributed by atoms with E-state index >= 15 is 0 Å². The number of carboxylic acid groups (broad SMARTS) is 2. The van der Waals surface area contributed by atoms with Gasteiger partial charge in [0, 0.05) is 5.41 Å². The fourth-order valence-electron chi connectivity index (χ4n) is 3.93. The van der Waals surface area contributed by atoms with Crippen molar-refractivity contribution < 1.29 is 19.8 Å². The fourth-order valence-corrected chi connectivity index (χ4v) is 3.93. The number of hydrogen-bond acceptors (Lipinski definition) is 5. The average Bonchev–Trinajstić information content (AvgIpc) is 2.74. The van der Waals surface area contributed by atoms with Crippen molar-refractivity contribution in [3.63, 3.8) is 0 Å². The molecule has 0 radical (unpaired) electrons. The van der Waals surface area contributed by atoms with Crippen molar-refractivity contribution in [2.45, 2.75) is 31.1 Å². The van der Waals surface area contributed by atoms with Crippen LogP contribution in [0.5, 0.6) is 0 Å². The Bertz CT molecular complexity index is 731. The molecular weight excluding hydrogens is 354 g/mol. The highest BCUT2D eigenvalue weighted by molar-refractivity contribution is 5.87. The maximum atomic E-state index is 9.41. The summed E-state index contributed by atoms with van der Waals surface area (Å²) in [7, 11) is 0. The van der Waals surface area contributed by atoms with Gasteiger partial charge in [-0.2, -0.15) is 0 Å². The van der Waals surface area contributed by atoms with Gasteiger partial charge < -0.3 is 25.5 Å². The van der Waals surface area contributed by atoms with E-state index in [9.17, 15) is 19.8 Å². The summed E-state index contributed by atoms with van der Waals surface area (Å²) >= 11 is 0. The van der Waals surface area contributed by atoms with Crippen LogP contribution in [0.4, 0.5) is 0 Å². The van der Waals surface area contributed by atoms with E-state index in [0.717, 1.165) is 6.54 Å². The van der Waals surface area contributed by atoms with Gasteiger partial charge in [-0.1, -0.05) is 67.1 Å². The molecule has 0 aromatic heterocycles. The lowest BCUT2D eigenvalue weighted by molar-refractivity contribution is -0.301. The number of hydrogen-bond donors (Lipinski definition) is 1. The van der Waals surface area contributed by atoms with Crippen molar-refractivity contribution in [3.05, 3.63) is 83.9 Å². The molecule has 3 rings (SSSR count). The van der Waals surface area contributed by atoms with Crippen LogP contribution in [-0.4, -0.2) is 18.5 Å². The highest BCUT2D eigenvalue weighted by Crippen LogP contribution is 2.46. The summed E-state index contributed by atoms with van der Waals surface area (Å²) in [5, 5.41) is 18.8. The number of carbonyl (C=O) groups excluding carboxylic acids is 2. The smallest absolute Gasteiger partial charge is 0.0643 e. The minimum Gasteiger partial charge on any atom is -0.545 e. The van der Waals surface area contributed by atoms with Crippen LogP contribution in [0.25, 0.3) is 0 Å². The number of aliphatic carboxylic acids is 2. The number of carboxylic acids is 2. The third-order valence-electron chi connectivity index (χ3n) is 5.19. The molecule has 2 aromatic carbocycles. The summed E-state index contributed by atoms with van der Waals surface area (Å²) in [6.45, 7) is 0.807. The topological polar surface area (TPSA) is 106 Å². The van der Waals surface area contributed by atoms with E-state index < -0.39 is 11.9 Å². The van der Waals surface area contributed by atoms with Crippen LogP contribution in [0.2, 0.25) is 0 Å². The van der Waals surface area contributed by atoms with Gasteiger partial charge in [0.2, 0.25) is 0 Å². The van der Waals surface area contributed by atoms with Crippen LogP contribution >= 0.6 is 0 Å². The molecule has 0 bridgehead atoms. The summed E-state index contributed by atoms with van der Waals surface area (Å²) in [4.78, 5) is 18.8. The van der Waals surface area contributed by atoms with Gasteiger partial charge >= 0.3 is 0 Å². The van der Waals surface area contributed by atoms with Gasteiger partial charge in [-0.25, -0.2) is 0 Å². The van der Waals surface area contributed by atoms with Gasteiger partial charge in [-0.15, -0.1) is 0 Å². The van der Waals surface area contributed by atoms with Crippen LogP contribution in [0.1, 0.15) is 36.8 Å². The summed E-state index contributed by atoms with van der Waals surface area (Å²) in [5.41, 5.74) is 9.04. The van der Waals surface area contributed by atoms with Crippen molar-refractivity contribution in [1.29, 1.82) is 0 Å². The minimum absolute atomic E-state index is 0.158. The molecule has 2 aromatic rings. The van der Waals surface area contributed by atoms with Crippen molar-refractivity contribution in [1.82, 2.24) is 0 Å². The standard InChI is InChI=1S/C19H23N.C4H4O4/c20-15-16-8-7-13-19(14-16,17-9-3-1-4-10-17)18-11-5-2-6-12-18;5-3(6)1-2-4(7)8/h1-6,9-12,16H,7-8,13-15,20H2;1-2H,(H,5,6)(H,7,8)/p-2/b;2-1-. The Morgan fingerprint density at radius 1 is 0.929 bits per heavy atom. The molecule has 1 fully saturated rings. The molecule has 0 saturated heterocycles. The third-order valence-corrected chi connectivity index (χ3v) is 5.19. The molecule has 5 nitrogen and oxygen atoms in total. The quantitative estimate of drug-likeness (QED) is 0.785. The third kappa shape index (κ3) is 5.79. The van der Waals surface area contributed by atoms with Crippen molar-refractivity contribution >= 4 is 11.9 Å². The summed E-state index contributed by atoms with van der Waals surface area (Å²) < 4.78 is 0. The molecule has 1 unspecified atom stereocenters. The molecule has 2 N–H and O–H groups in total. The molecule has 0 aliphatic heterocycles. The molecule has 148 valence electrons. The van der Waals surface area contributed by atoms with Crippen LogP contribution in [0.15, 0.2) is 72.8 Å².